The van der Waals surface area contributed by atoms with Crippen molar-refractivity contribution < 1.29 is 0 Å². The summed E-state index contributed by atoms with van der Waals surface area (Å²) in [6, 6.07) is 2.66. The van der Waals surface area contributed by atoms with Crippen LogP contribution in [0.5, 0.6) is 0 Å². The lowest BCUT2D eigenvalue weighted by Gasteiger charge is -2.37. The van der Waals surface area contributed by atoms with E-state index in [0.29, 0.717) is 12.0 Å². The summed E-state index contributed by atoms with van der Waals surface area (Å²) in [6.07, 6.45) is 2.42. The predicted octanol–water partition coefficient (Wildman–Crippen LogP) is 1.51. The van der Waals surface area contributed by atoms with Crippen molar-refractivity contribution in [2.45, 2.75) is 18.9 Å². The minimum atomic E-state index is 0.488. The third-order valence-corrected chi connectivity index (χ3v) is 4.67. The van der Waals surface area contributed by atoms with E-state index >= 15 is 0 Å². The maximum absolute atomic E-state index is 5.49. The first-order valence-corrected chi connectivity index (χ1v) is 7.70. The SMILES string of the molecule is CN(C)C1CCCN(c2nc(NN)nc3sccc23)C1. The highest BCUT2D eigenvalue weighted by atomic mass is 32.1. The van der Waals surface area contributed by atoms with Gasteiger partial charge in [0.2, 0.25) is 5.95 Å². The number of aromatic nitrogens is 2. The number of likely N-dealkylation sites (N-methyl/N-ethyl adjacent to an activating group) is 1. The molecule has 0 amide bonds. The molecule has 1 unspecified atom stereocenters. The highest BCUT2D eigenvalue weighted by Crippen LogP contribution is 2.31. The number of nitrogens with zero attached hydrogens (tertiary/aromatic N) is 4. The molecular formula is C13H20N6S. The van der Waals surface area contributed by atoms with Crippen LogP contribution in [0.25, 0.3) is 10.2 Å². The molecule has 108 valence electrons. The fourth-order valence-corrected chi connectivity index (χ4v) is 3.47. The van der Waals surface area contributed by atoms with Gasteiger partial charge in [0.15, 0.2) is 0 Å². The number of fused-ring (bicyclic) bond motifs is 1. The molecule has 0 aromatic carbocycles. The Kier molecular flexibility index (Phi) is 3.73. The minimum Gasteiger partial charge on any atom is -0.354 e. The lowest BCUT2D eigenvalue weighted by Crippen LogP contribution is -2.45. The maximum Gasteiger partial charge on any atom is 0.240 e. The van der Waals surface area contributed by atoms with Crippen LogP contribution in [0.1, 0.15) is 12.8 Å². The Bertz CT molecular complexity index is 596. The summed E-state index contributed by atoms with van der Waals surface area (Å²) in [6.45, 7) is 2.04. The Labute approximate surface area is 122 Å². The van der Waals surface area contributed by atoms with Gasteiger partial charge in [0.25, 0.3) is 0 Å². The topological polar surface area (TPSA) is 70.3 Å². The largest absolute Gasteiger partial charge is 0.354 e. The summed E-state index contributed by atoms with van der Waals surface area (Å²) in [4.78, 5) is 14.6. The quantitative estimate of drug-likeness (QED) is 0.660. The van der Waals surface area contributed by atoms with Crippen LogP contribution in [-0.4, -0.2) is 48.1 Å². The molecule has 0 radical (unpaired) electrons. The number of anilines is 2. The van der Waals surface area contributed by atoms with Gasteiger partial charge in [0.1, 0.15) is 10.6 Å². The number of hydrogen-bond donors (Lipinski definition) is 2. The van der Waals surface area contributed by atoms with Gasteiger partial charge in [-0.1, -0.05) is 0 Å². The van der Waals surface area contributed by atoms with E-state index in [9.17, 15) is 0 Å². The number of nitrogens with two attached hydrogens (primary N) is 1. The van der Waals surface area contributed by atoms with Crippen molar-refractivity contribution in [1.82, 2.24) is 14.9 Å². The number of piperidine rings is 1. The second kappa shape index (κ2) is 5.51. The third-order valence-electron chi connectivity index (χ3n) is 3.86. The number of thiophene rings is 1. The van der Waals surface area contributed by atoms with E-state index in [1.165, 1.54) is 12.8 Å². The molecule has 0 aliphatic carbocycles. The predicted molar refractivity (Wildman–Crippen MR) is 84.1 cm³/mol. The van der Waals surface area contributed by atoms with Crippen molar-refractivity contribution in [3.63, 3.8) is 0 Å². The van der Waals surface area contributed by atoms with Gasteiger partial charge in [0, 0.05) is 19.1 Å². The van der Waals surface area contributed by atoms with Crippen LogP contribution in [0.4, 0.5) is 11.8 Å². The van der Waals surface area contributed by atoms with E-state index in [0.717, 1.165) is 29.1 Å². The van der Waals surface area contributed by atoms with E-state index in [1.807, 2.05) is 0 Å². The molecule has 3 rings (SSSR count). The van der Waals surface area contributed by atoms with E-state index in [2.05, 4.69) is 50.7 Å². The molecular weight excluding hydrogens is 272 g/mol. The van der Waals surface area contributed by atoms with E-state index in [4.69, 9.17) is 5.84 Å². The first-order valence-electron chi connectivity index (χ1n) is 6.82. The Morgan fingerprint density at radius 2 is 2.30 bits per heavy atom. The molecule has 0 saturated carbocycles. The molecule has 0 bridgehead atoms. The molecule has 0 spiro atoms. The molecule has 1 aliphatic rings. The van der Waals surface area contributed by atoms with Crippen LogP contribution in [0.2, 0.25) is 0 Å². The third kappa shape index (κ3) is 2.44. The number of hydrogen-bond acceptors (Lipinski definition) is 7. The standard InChI is InChI=1S/C13H20N6S/c1-18(2)9-4-3-6-19(8-9)11-10-5-7-20-12(10)16-13(15-11)17-14/h5,7,9H,3-4,6,8,14H2,1-2H3,(H,15,16,17). The average Bonchev–Trinajstić information content (AvgIpc) is 2.94. The summed E-state index contributed by atoms with van der Waals surface area (Å²) < 4.78 is 0. The first kappa shape index (κ1) is 13.5. The molecule has 1 saturated heterocycles. The summed E-state index contributed by atoms with van der Waals surface area (Å²) in [7, 11) is 4.28. The van der Waals surface area contributed by atoms with E-state index in [1.54, 1.807) is 11.3 Å². The van der Waals surface area contributed by atoms with E-state index in [-0.39, 0.29) is 0 Å². The van der Waals surface area contributed by atoms with Gasteiger partial charge in [0.05, 0.1) is 5.39 Å². The highest BCUT2D eigenvalue weighted by molar-refractivity contribution is 7.16. The lowest BCUT2D eigenvalue weighted by molar-refractivity contribution is 0.257. The van der Waals surface area contributed by atoms with Gasteiger partial charge >= 0.3 is 0 Å². The van der Waals surface area contributed by atoms with Crippen LogP contribution in [0, 0.1) is 0 Å². The van der Waals surface area contributed by atoms with Crippen LogP contribution in [0.3, 0.4) is 0 Å². The summed E-state index contributed by atoms with van der Waals surface area (Å²) in [5, 5.41) is 3.17. The smallest absolute Gasteiger partial charge is 0.240 e. The zero-order valence-corrected chi connectivity index (χ0v) is 12.7. The fourth-order valence-electron chi connectivity index (χ4n) is 2.71. The average molecular weight is 292 g/mol. The van der Waals surface area contributed by atoms with Crippen LogP contribution in [0.15, 0.2) is 11.4 Å². The first-order chi connectivity index (χ1) is 9.69. The molecule has 2 aromatic heterocycles. The van der Waals surface area contributed by atoms with Gasteiger partial charge in [-0.3, -0.25) is 5.43 Å². The van der Waals surface area contributed by atoms with Crippen molar-refractivity contribution >= 4 is 33.3 Å². The summed E-state index contributed by atoms with van der Waals surface area (Å²) >= 11 is 1.62. The summed E-state index contributed by atoms with van der Waals surface area (Å²) in [5.41, 5.74) is 2.57. The minimum absolute atomic E-state index is 0.488. The van der Waals surface area contributed by atoms with Crippen molar-refractivity contribution in [3.05, 3.63) is 11.4 Å². The molecule has 1 fully saturated rings. The summed E-state index contributed by atoms with van der Waals surface area (Å²) in [5.74, 6) is 6.97. The molecule has 1 aliphatic heterocycles. The maximum atomic E-state index is 5.49. The van der Waals surface area contributed by atoms with Gasteiger partial charge in [-0.15, -0.1) is 11.3 Å². The second-order valence-corrected chi connectivity index (χ2v) is 6.25. The van der Waals surface area contributed by atoms with Crippen molar-refractivity contribution in [2.75, 3.05) is 37.5 Å². The molecule has 3 heterocycles. The van der Waals surface area contributed by atoms with Crippen molar-refractivity contribution in [3.8, 4) is 0 Å². The number of nitrogen functional groups attached to an aromatic ring is 1. The van der Waals surface area contributed by atoms with E-state index < -0.39 is 0 Å². The second-order valence-electron chi connectivity index (χ2n) is 5.36. The molecule has 3 N–H and O–H groups in total. The van der Waals surface area contributed by atoms with Gasteiger partial charge < -0.3 is 9.80 Å². The van der Waals surface area contributed by atoms with Crippen LogP contribution < -0.4 is 16.2 Å². The van der Waals surface area contributed by atoms with Gasteiger partial charge in [-0.05, 0) is 38.4 Å². The molecule has 1 atom stereocenters. The molecule has 6 nitrogen and oxygen atoms in total. The Morgan fingerprint density at radius 1 is 1.45 bits per heavy atom. The van der Waals surface area contributed by atoms with Crippen LogP contribution >= 0.6 is 11.3 Å². The zero-order chi connectivity index (χ0) is 14.1. The van der Waals surface area contributed by atoms with Gasteiger partial charge in [-0.25, -0.2) is 10.8 Å². The monoisotopic (exact) mass is 292 g/mol. The van der Waals surface area contributed by atoms with Crippen molar-refractivity contribution in [1.29, 1.82) is 0 Å². The molecule has 20 heavy (non-hydrogen) atoms. The molecule has 7 heteroatoms. The number of rotatable bonds is 3. The van der Waals surface area contributed by atoms with Gasteiger partial charge in [-0.2, -0.15) is 4.98 Å². The number of hydrazine groups is 1. The zero-order valence-electron chi connectivity index (χ0n) is 11.8. The fraction of sp³-hybridized carbons (Fsp3) is 0.538. The number of nitrogens with one attached hydrogen (secondary N) is 1. The van der Waals surface area contributed by atoms with Crippen LogP contribution in [-0.2, 0) is 0 Å². The lowest BCUT2D eigenvalue weighted by atomic mass is 10.0. The van der Waals surface area contributed by atoms with Crippen molar-refractivity contribution in [2.24, 2.45) is 5.84 Å². The Balaban J connectivity index is 1.98. The molecule has 2 aromatic rings. The highest BCUT2D eigenvalue weighted by Gasteiger charge is 2.24. The Morgan fingerprint density at radius 3 is 3.05 bits per heavy atom. The normalized spacial score (nSPS) is 19.8. The Hall–Kier alpha value is -1.44.